The predicted molar refractivity (Wildman–Crippen MR) is 65.9 cm³/mol. The third-order valence-corrected chi connectivity index (χ3v) is 2.62. The molecule has 2 rings (SSSR count). The summed E-state index contributed by atoms with van der Waals surface area (Å²) in [5.41, 5.74) is 1.09. The van der Waals surface area contributed by atoms with E-state index in [-0.39, 0.29) is 18.9 Å². The highest BCUT2D eigenvalue weighted by atomic mass is 16.7. The van der Waals surface area contributed by atoms with Crippen molar-refractivity contribution in [1.82, 2.24) is 5.32 Å². The van der Waals surface area contributed by atoms with E-state index in [9.17, 15) is 4.79 Å². The van der Waals surface area contributed by atoms with Gasteiger partial charge in [-0.15, -0.1) is 0 Å². The maximum Gasteiger partial charge on any atom is 0.407 e. The van der Waals surface area contributed by atoms with Crippen LogP contribution in [0.4, 0.5) is 4.79 Å². The van der Waals surface area contributed by atoms with Crippen LogP contribution in [0.3, 0.4) is 0 Å². The first kappa shape index (κ1) is 12.5. The minimum Gasteiger partial charge on any atom is -0.454 e. The second-order valence-electron chi connectivity index (χ2n) is 4.16. The number of hydrogen-bond acceptors (Lipinski definition) is 4. The molecular formula is C13H17NO4. The Morgan fingerprint density at radius 1 is 1.44 bits per heavy atom. The summed E-state index contributed by atoms with van der Waals surface area (Å²) in [6.07, 6.45) is 0.334. The Kier molecular flexibility index (Phi) is 3.92. The molecular weight excluding hydrogens is 234 g/mol. The molecule has 0 spiro atoms. The summed E-state index contributed by atoms with van der Waals surface area (Å²) in [5, 5.41) is 2.76. The summed E-state index contributed by atoms with van der Waals surface area (Å²) in [7, 11) is 0. The van der Waals surface area contributed by atoms with Crippen molar-refractivity contribution >= 4 is 6.09 Å². The molecule has 0 saturated carbocycles. The zero-order valence-electron chi connectivity index (χ0n) is 10.6. The Balaban J connectivity index is 1.91. The standard InChI is InChI=1S/C13H17NO4/c1-3-16-13(15)14-9(2)6-10-4-5-11-12(7-10)18-8-17-11/h4-5,7,9H,3,6,8H2,1-2H3,(H,14,15)/t9-/m0/s1. The number of carbonyl (C=O) groups excluding carboxylic acids is 1. The number of carbonyl (C=O) groups is 1. The molecule has 1 atom stereocenters. The highest BCUT2D eigenvalue weighted by Crippen LogP contribution is 2.32. The molecule has 5 heteroatoms. The predicted octanol–water partition coefficient (Wildman–Crippen LogP) is 2.09. The van der Waals surface area contributed by atoms with Gasteiger partial charge in [0.2, 0.25) is 6.79 Å². The van der Waals surface area contributed by atoms with Crippen molar-refractivity contribution in [2.24, 2.45) is 0 Å². The number of nitrogens with one attached hydrogen (secondary N) is 1. The average Bonchev–Trinajstić information content (AvgIpc) is 2.76. The molecule has 1 aliphatic heterocycles. The number of ether oxygens (including phenoxy) is 3. The fraction of sp³-hybridized carbons (Fsp3) is 0.462. The molecule has 98 valence electrons. The van der Waals surface area contributed by atoms with Crippen molar-refractivity contribution in [1.29, 1.82) is 0 Å². The van der Waals surface area contributed by atoms with Crippen LogP contribution in [0.5, 0.6) is 11.5 Å². The van der Waals surface area contributed by atoms with Crippen molar-refractivity contribution in [2.45, 2.75) is 26.3 Å². The van der Waals surface area contributed by atoms with E-state index in [0.29, 0.717) is 6.61 Å². The van der Waals surface area contributed by atoms with Crippen molar-refractivity contribution < 1.29 is 19.0 Å². The molecule has 0 aromatic heterocycles. The van der Waals surface area contributed by atoms with Crippen LogP contribution in [0, 0.1) is 0 Å². The Bertz CT molecular complexity index is 433. The summed E-state index contributed by atoms with van der Waals surface area (Å²) < 4.78 is 15.4. The van der Waals surface area contributed by atoms with Gasteiger partial charge in [-0.05, 0) is 38.0 Å². The minimum atomic E-state index is -0.384. The Hall–Kier alpha value is -1.91. The molecule has 0 bridgehead atoms. The highest BCUT2D eigenvalue weighted by Gasteiger charge is 2.15. The molecule has 1 aliphatic rings. The second-order valence-corrected chi connectivity index (χ2v) is 4.16. The van der Waals surface area contributed by atoms with Crippen molar-refractivity contribution in [3.05, 3.63) is 23.8 Å². The van der Waals surface area contributed by atoms with E-state index in [2.05, 4.69) is 5.32 Å². The molecule has 1 heterocycles. The lowest BCUT2D eigenvalue weighted by Crippen LogP contribution is -2.34. The second kappa shape index (κ2) is 5.62. The zero-order valence-corrected chi connectivity index (χ0v) is 10.6. The maximum absolute atomic E-state index is 11.3. The number of benzene rings is 1. The van der Waals surface area contributed by atoms with E-state index in [4.69, 9.17) is 14.2 Å². The van der Waals surface area contributed by atoms with Crippen LogP contribution >= 0.6 is 0 Å². The van der Waals surface area contributed by atoms with E-state index in [1.54, 1.807) is 6.92 Å². The van der Waals surface area contributed by atoms with Gasteiger partial charge in [0.15, 0.2) is 11.5 Å². The summed E-state index contributed by atoms with van der Waals surface area (Å²) in [5.74, 6) is 1.53. The SMILES string of the molecule is CCOC(=O)N[C@@H](C)Cc1ccc2c(c1)OCO2. The van der Waals surface area contributed by atoms with Crippen molar-refractivity contribution in [3.8, 4) is 11.5 Å². The van der Waals surface area contributed by atoms with E-state index >= 15 is 0 Å². The Labute approximate surface area is 106 Å². The lowest BCUT2D eigenvalue weighted by molar-refractivity contribution is 0.149. The number of hydrogen-bond donors (Lipinski definition) is 1. The number of amides is 1. The summed E-state index contributed by atoms with van der Waals surface area (Å²) in [6, 6.07) is 5.79. The fourth-order valence-corrected chi connectivity index (χ4v) is 1.85. The van der Waals surface area contributed by atoms with Gasteiger partial charge in [-0.1, -0.05) is 6.07 Å². The van der Waals surface area contributed by atoms with Gasteiger partial charge in [0, 0.05) is 6.04 Å². The average molecular weight is 251 g/mol. The van der Waals surface area contributed by atoms with Crippen LogP contribution in [0.15, 0.2) is 18.2 Å². The summed E-state index contributed by atoms with van der Waals surface area (Å²) in [6.45, 7) is 4.36. The largest absolute Gasteiger partial charge is 0.454 e. The van der Waals surface area contributed by atoms with E-state index < -0.39 is 0 Å². The number of fused-ring (bicyclic) bond motifs is 1. The van der Waals surface area contributed by atoms with Crippen LogP contribution in [-0.2, 0) is 11.2 Å². The van der Waals surface area contributed by atoms with Crippen molar-refractivity contribution in [2.75, 3.05) is 13.4 Å². The fourth-order valence-electron chi connectivity index (χ4n) is 1.85. The molecule has 0 saturated heterocycles. The number of rotatable bonds is 4. The molecule has 0 unspecified atom stereocenters. The lowest BCUT2D eigenvalue weighted by Gasteiger charge is -2.13. The first-order chi connectivity index (χ1) is 8.69. The van der Waals surface area contributed by atoms with Crippen LogP contribution in [-0.4, -0.2) is 25.5 Å². The molecule has 1 aromatic rings. The zero-order chi connectivity index (χ0) is 13.0. The third-order valence-electron chi connectivity index (χ3n) is 2.62. The summed E-state index contributed by atoms with van der Waals surface area (Å²) in [4.78, 5) is 11.3. The lowest BCUT2D eigenvalue weighted by atomic mass is 10.1. The maximum atomic E-state index is 11.3. The molecule has 1 amide bonds. The van der Waals surface area contributed by atoms with Gasteiger partial charge in [0.1, 0.15) is 0 Å². The molecule has 0 radical (unpaired) electrons. The molecule has 0 aliphatic carbocycles. The van der Waals surface area contributed by atoms with Crippen molar-refractivity contribution in [3.63, 3.8) is 0 Å². The smallest absolute Gasteiger partial charge is 0.407 e. The molecule has 1 aromatic carbocycles. The monoisotopic (exact) mass is 251 g/mol. The van der Waals surface area contributed by atoms with Gasteiger partial charge in [0.25, 0.3) is 0 Å². The number of alkyl carbamates (subject to hydrolysis) is 1. The highest BCUT2D eigenvalue weighted by molar-refractivity contribution is 5.67. The van der Waals surface area contributed by atoms with E-state index in [1.165, 1.54) is 0 Å². The molecule has 5 nitrogen and oxygen atoms in total. The van der Waals surface area contributed by atoms with Gasteiger partial charge < -0.3 is 19.5 Å². The summed E-state index contributed by atoms with van der Waals surface area (Å²) >= 11 is 0. The minimum absolute atomic E-state index is 0.00409. The van der Waals surface area contributed by atoms with Gasteiger partial charge in [-0.3, -0.25) is 0 Å². The van der Waals surface area contributed by atoms with Gasteiger partial charge in [-0.2, -0.15) is 0 Å². The Morgan fingerprint density at radius 3 is 3.00 bits per heavy atom. The van der Waals surface area contributed by atoms with Crippen LogP contribution < -0.4 is 14.8 Å². The Morgan fingerprint density at radius 2 is 2.22 bits per heavy atom. The molecule has 18 heavy (non-hydrogen) atoms. The normalized spacial score (nSPS) is 14.1. The van der Waals surface area contributed by atoms with Crippen LogP contribution in [0.2, 0.25) is 0 Å². The van der Waals surface area contributed by atoms with Crippen LogP contribution in [0.1, 0.15) is 19.4 Å². The molecule has 0 fully saturated rings. The third kappa shape index (κ3) is 3.06. The van der Waals surface area contributed by atoms with Gasteiger partial charge in [-0.25, -0.2) is 4.79 Å². The quantitative estimate of drug-likeness (QED) is 0.890. The first-order valence-electron chi connectivity index (χ1n) is 6.01. The van der Waals surface area contributed by atoms with E-state index in [1.807, 2.05) is 25.1 Å². The first-order valence-corrected chi connectivity index (χ1v) is 6.01. The van der Waals surface area contributed by atoms with Gasteiger partial charge in [0.05, 0.1) is 6.61 Å². The topological polar surface area (TPSA) is 56.8 Å². The van der Waals surface area contributed by atoms with Crippen LogP contribution in [0.25, 0.3) is 0 Å². The van der Waals surface area contributed by atoms with Gasteiger partial charge >= 0.3 is 6.09 Å². The van der Waals surface area contributed by atoms with E-state index in [0.717, 1.165) is 23.5 Å². The molecule has 1 N–H and O–H groups in total.